The highest BCUT2D eigenvalue weighted by atomic mass is 19.1. The average molecular weight is 510 g/mol. The largest absolute Gasteiger partial charge is 0.442 e. The molecule has 0 radical (unpaired) electrons. The molecule has 0 saturated heterocycles. The van der Waals surface area contributed by atoms with Crippen LogP contribution in [0.3, 0.4) is 0 Å². The normalized spacial score (nSPS) is 21.6. The van der Waals surface area contributed by atoms with Crippen LogP contribution in [0.25, 0.3) is 33.3 Å². The zero-order valence-electron chi connectivity index (χ0n) is 24.1. The summed E-state index contributed by atoms with van der Waals surface area (Å²) < 4.78 is 46.5. The number of fused-ring (bicyclic) bond motifs is 1. The van der Waals surface area contributed by atoms with E-state index in [1.54, 1.807) is 50.9 Å². The molecular weight excluding hydrogens is 473 g/mol. The molecule has 0 aromatic carbocycles. The van der Waals surface area contributed by atoms with Crippen LogP contribution < -0.4 is 0 Å². The SMILES string of the molecule is [2H]C([2H])(C1CCC(C)(F)CC1)n1cc(-c2cnn(C(=O)OC(C)(C)C)c2)c2ncc(-c3c(C)noc3C)cc21. The van der Waals surface area contributed by atoms with Crippen molar-refractivity contribution >= 4 is 17.1 Å². The summed E-state index contributed by atoms with van der Waals surface area (Å²) in [4.78, 5) is 17.3. The number of carbonyl (C=O) groups is 1. The summed E-state index contributed by atoms with van der Waals surface area (Å²) >= 11 is 0. The van der Waals surface area contributed by atoms with Gasteiger partial charge in [0, 0.05) is 47.3 Å². The molecule has 0 amide bonds. The van der Waals surface area contributed by atoms with Crippen LogP contribution in [-0.4, -0.2) is 41.9 Å². The molecule has 0 unspecified atom stereocenters. The van der Waals surface area contributed by atoms with Gasteiger partial charge in [0.05, 0.1) is 25.7 Å². The molecular formula is C28H34FN5O3. The van der Waals surface area contributed by atoms with Gasteiger partial charge in [-0.2, -0.15) is 9.78 Å². The maximum absolute atomic E-state index is 14.6. The van der Waals surface area contributed by atoms with Crippen molar-refractivity contribution in [3.8, 4) is 22.3 Å². The number of pyridine rings is 1. The van der Waals surface area contributed by atoms with Crippen LogP contribution >= 0.6 is 0 Å². The summed E-state index contributed by atoms with van der Waals surface area (Å²) in [7, 11) is 0. The van der Waals surface area contributed by atoms with Crippen LogP contribution in [0.15, 0.2) is 35.4 Å². The number of ether oxygens (including phenoxy) is 1. The van der Waals surface area contributed by atoms with Gasteiger partial charge in [-0.15, -0.1) is 0 Å². The summed E-state index contributed by atoms with van der Waals surface area (Å²) in [5.74, 6) is 0.264. The summed E-state index contributed by atoms with van der Waals surface area (Å²) in [6, 6.07) is 1.89. The minimum absolute atomic E-state index is 0.314. The van der Waals surface area contributed by atoms with E-state index in [4.69, 9.17) is 14.2 Å². The molecule has 0 bridgehead atoms. The average Bonchev–Trinajstić information content (AvgIpc) is 3.54. The molecule has 4 heterocycles. The first-order valence-electron chi connectivity index (χ1n) is 13.6. The summed E-state index contributed by atoms with van der Waals surface area (Å²) in [5.41, 5.74) is 2.68. The van der Waals surface area contributed by atoms with Gasteiger partial charge in [-0.1, -0.05) is 5.16 Å². The molecule has 196 valence electrons. The fourth-order valence-corrected chi connectivity index (χ4v) is 4.87. The van der Waals surface area contributed by atoms with Crippen molar-refractivity contribution in [2.24, 2.45) is 5.92 Å². The molecule has 0 N–H and O–H groups in total. The molecule has 8 nitrogen and oxygen atoms in total. The lowest BCUT2D eigenvalue weighted by Crippen LogP contribution is -2.27. The van der Waals surface area contributed by atoms with Gasteiger partial charge in [0.15, 0.2) is 0 Å². The van der Waals surface area contributed by atoms with E-state index in [2.05, 4.69) is 10.3 Å². The van der Waals surface area contributed by atoms with E-state index in [0.29, 0.717) is 59.3 Å². The molecule has 0 aliphatic heterocycles. The maximum Gasteiger partial charge on any atom is 0.435 e. The summed E-state index contributed by atoms with van der Waals surface area (Å²) in [6.45, 7) is 8.79. The monoisotopic (exact) mass is 509 g/mol. The molecule has 1 fully saturated rings. The number of nitrogens with zero attached hydrogens (tertiary/aromatic N) is 5. The quantitative estimate of drug-likeness (QED) is 0.298. The molecule has 4 aromatic heterocycles. The van der Waals surface area contributed by atoms with Crippen LogP contribution in [0, 0.1) is 19.8 Å². The maximum atomic E-state index is 14.6. The van der Waals surface area contributed by atoms with Crippen LogP contribution in [0.5, 0.6) is 0 Å². The molecule has 9 heteroatoms. The van der Waals surface area contributed by atoms with Crippen LogP contribution in [0.2, 0.25) is 0 Å². The van der Waals surface area contributed by atoms with Crippen molar-refractivity contribution in [2.75, 3.05) is 0 Å². The van der Waals surface area contributed by atoms with Gasteiger partial charge in [-0.05, 0) is 79.2 Å². The molecule has 0 atom stereocenters. The lowest BCUT2D eigenvalue weighted by molar-refractivity contribution is 0.0514. The van der Waals surface area contributed by atoms with Crippen LogP contribution in [0.1, 0.15) is 67.6 Å². The Morgan fingerprint density at radius 3 is 2.62 bits per heavy atom. The molecule has 1 saturated carbocycles. The lowest BCUT2D eigenvalue weighted by atomic mass is 9.81. The Balaban J connectivity index is 1.63. The highest BCUT2D eigenvalue weighted by Gasteiger charge is 2.31. The highest BCUT2D eigenvalue weighted by Crippen LogP contribution is 2.38. The van der Waals surface area contributed by atoms with E-state index in [1.807, 2.05) is 19.9 Å². The number of hydrogen-bond acceptors (Lipinski definition) is 6. The number of carbonyl (C=O) groups excluding carboxylic acids is 1. The first-order valence-corrected chi connectivity index (χ1v) is 12.6. The van der Waals surface area contributed by atoms with Gasteiger partial charge in [-0.25, -0.2) is 9.18 Å². The summed E-state index contributed by atoms with van der Waals surface area (Å²) in [5, 5.41) is 8.25. The van der Waals surface area contributed by atoms with Crippen molar-refractivity contribution in [1.29, 1.82) is 0 Å². The van der Waals surface area contributed by atoms with Gasteiger partial charge >= 0.3 is 6.09 Å². The molecule has 4 aromatic rings. The molecule has 1 aliphatic rings. The van der Waals surface area contributed by atoms with Gasteiger partial charge in [0.2, 0.25) is 0 Å². The van der Waals surface area contributed by atoms with Gasteiger partial charge in [0.1, 0.15) is 17.0 Å². The van der Waals surface area contributed by atoms with Crippen molar-refractivity contribution in [3.63, 3.8) is 0 Å². The standard InChI is InChI=1S/C28H34FN5O3/c1-17-24(18(2)37-32-17)20-11-23-25(30-12-20)22(16-33(23)14-19-7-9-28(6,29)10-8-19)21-13-31-34(15-21)26(35)36-27(3,4)5/h11-13,15-16,19H,7-10,14H2,1-6H3/i14D2. The van der Waals surface area contributed by atoms with E-state index in [1.165, 1.54) is 6.20 Å². The molecule has 5 rings (SSSR count). The third kappa shape index (κ3) is 5.17. The Morgan fingerprint density at radius 2 is 1.97 bits per heavy atom. The second-order valence-electron chi connectivity index (χ2n) is 11.2. The van der Waals surface area contributed by atoms with Crippen molar-refractivity contribution in [1.82, 2.24) is 24.5 Å². The fraction of sp³-hybridized carbons (Fsp3) is 0.500. The van der Waals surface area contributed by atoms with Gasteiger partial charge < -0.3 is 13.8 Å². The molecule has 0 spiro atoms. The minimum atomic E-state index is -1.81. The highest BCUT2D eigenvalue weighted by molar-refractivity contribution is 5.95. The topological polar surface area (TPSA) is 88.0 Å². The number of halogens is 1. The van der Waals surface area contributed by atoms with Gasteiger partial charge in [0.25, 0.3) is 0 Å². The van der Waals surface area contributed by atoms with Crippen LogP contribution in [-0.2, 0) is 11.2 Å². The second-order valence-corrected chi connectivity index (χ2v) is 11.2. The van der Waals surface area contributed by atoms with Crippen LogP contribution in [0.4, 0.5) is 9.18 Å². The van der Waals surface area contributed by atoms with Crippen molar-refractivity contribution in [3.05, 3.63) is 42.3 Å². The summed E-state index contributed by atoms with van der Waals surface area (Å²) in [6.07, 6.45) is 7.41. The first-order chi connectivity index (χ1) is 18.2. The number of hydrogen-bond donors (Lipinski definition) is 0. The second kappa shape index (κ2) is 9.11. The predicted molar refractivity (Wildman–Crippen MR) is 139 cm³/mol. The number of aromatic nitrogens is 5. The van der Waals surface area contributed by atoms with Gasteiger partial charge in [-0.3, -0.25) is 4.98 Å². The molecule has 37 heavy (non-hydrogen) atoms. The Hall–Kier alpha value is -3.49. The fourth-order valence-electron chi connectivity index (χ4n) is 4.87. The Bertz CT molecular complexity index is 1520. The smallest absolute Gasteiger partial charge is 0.435 e. The minimum Gasteiger partial charge on any atom is -0.442 e. The Labute approximate surface area is 218 Å². The number of rotatable bonds is 4. The third-order valence-corrected chi connectivity index (χ3v) is 6.79. The van der Waals surface area contributed by atoms with E-state index < -0.39 is 23.9 Å². The Kier molecular flexibility index (Phi) is 5.59. The lowest BCUT2D eigenvalue weighted by Gasteiger charge is -2.31. The van der Waals surface area contributed by atoms with E-state index in [0.717, 1.165) is 15.8 Å². The number of alkyl halides is 1. The van der Waals surface area contributed by atoms with E-state index >= 15 is 0 Å². The predicted octanol–water partition coefficient (Wildman–Crippen LogP) is 6.87. The third-order valence-electron chi connectivity index (χ3n) is 6.79. The zero-order chi connectivity index (χ0) is 28.3. The number of aryl methyl sites for hydroxylation is 2. The van der Waals surface area contributed by atoms with Crippen molar-refractivity contribution in [2.45, 2.75) is 85.0 Å². The zero-order valence-corrected chi connectivity index (χ0v) is 22.1. The first kappa shape index (κ1) is 22.7. The van der Waals surface area contributed by atoms with E-state index in [9.17, 15) is 11.9 Å². The Morgan fingerprint density at radius 1 is 1.24 bits per heavy atom. The van der Waals surface area contributed by atoms with Crippen molar-refractivity contribution < 1.29 is 21.2 Å². The molecule has 1 aliphatic carbocycles. The van der Waals surface area contributed by atoms with E-state index in [-0.39, 0.29) is 5.92 Å².